The van der Waals surface area contributed by atoms with Gasteiger partial charge in [-0.2, -0.15) is 26.3 Å². The van der Waals surface area contributed by atoms with Gasteiger partial charge in [0.25, 0.3) is 5.91 Å². The largest absolute Gasteiger partial charge is 0.490 e. The molecule has 4 N–H and O–H groups in total. The Hall–Kier alpha value is -4.11. The summed E-state index contributed by atoms with van der Waals surface area (Å²) >= 11 is 0. The molecule has 40 heavy (non-hydrogen) atoms. The topological polar surface area (TPSA) is 145 Å². The van der Waals surface area contributed by atoms with Crippen LogP contribution in [0.1, 0.15) is 24.0 Å². The Morgan fingerprint density at radius 2 is 1.65 bits per heavy atom. The number of piperazine rings is 1. The predicted octanol–water partition coefficient (Wildman–Crippen LogP) is 2.44. The Bertz CT molecular complexity index is 1340. The number of aromatic nitrogens is 2. The second-order valence-corrected chi connectivity index (χ2v) is 9.51. The number of carbonyl (C=O) groups excluding carboxylic acids is 3. The van der Waals surface area contributed by atoms with E-state index in [0.717, 1.165) is 25.1 Å². The van der Waals surface area contributed by atoms with Crippen LogP contribution in [0.15, 0.2) is 24.4 Å². The van der Waals surface area contributed by atoms with Crippen LogP contribution >= 0.6 is 0 Å². The fourth-order valence-electron chi connectivity index (χ4n) is 4.40. The first-order valence-electron chi connectivity index (χ1n) is 12.0. The molecule has 4 rings (SSSR count). The van der Waals surface area contributed by atoms with Gasteiger partial charge in [-0.25, -0.2) is 14.8 Å². The van der Waals surface area contributed by atoms with Crippen molar-refractivity contribution < 1.29 is 45.5 Å². The minimum absolute atomic E-state index is 0.000378. The maximum absolute atomic E-state index is 14.2. The number of anilines is 2. The van der Waals surface area contributed by atoms with Crippen LogP contribution in [0.5, 0.6) is 0 Å². The summed E-state index contributed by atoms with van der Waals surface area (Å²) in [5, 5.41) is 0. The highest BCUT2D eigenvalue weighted by Gasteiger charge is 2.66. The van der Waals surface area contributed by atoms with E-state index in [1.807, 2.05) is 0 Å². The minimum atomic E-state index is -5.86. The monoisotopic (exact) mass is 574 g/mol. The average Bonchev–Trinajstić information content (AvgIpc) is 3.72. The maximum Gasteiger partial charge on any atom is 0.490 e. The first kappa shape index (κ1) is 28.9. The molecule has 0 radical (unpaired) electrons. The van der Waals surface area contributed by atoms with Gasteiger partial charge in [0.1, 0.15) is 0 Å². The van der Waals surface area contributed by atoms with Crippen molar-refractivity contribution in [1.82, 2.24) is 14.9 Å². The molecule has 216 valence electrons. The second-order valence-electron chi connectivity index (χ2n) is 9.51. The number of nitrogens with zero attached hydrogens (tertiary/aromatic N) is 4. The molecule has 1 saturated heterocycles. The van der Waals surface area contributed by atoms with Crippen molar-refractivity contribution in [3.05, 3.63) is 35.5 Å². The van der Waals surface area contributed by atoms with Crippen LogP contribution in [-0.2, 0) is 24.7 Å². The van der Waals surface area contributed by atoms with Crippen molar-refractivity contribution in [2.24, 2.45) is 11.7 Å². The molecule has 2 fully saturated rings. The van der Waals surface area contributed by atoms with Gasteiger partial charge in [0.05, 0.1) is 11.9 Å². The molecule has 0 bridgehead atoms. The summed E-state index contributed by atoms with van der Waals surface area (Å²) in [6, 6.07) is 2.48. The van der Waals surface area contributed by atoms with E-state index < -0.39 is 35.4 Å². The number of halogens is 6. The lowest BCUT2D eigenvalue weighted by molar-refractivity contribution is -0.280. The Morgan fingerprint density at radius 1 is 1.02 bits per heavy atom. The Kier molecular flexibility index (Phi) is 7.32. The molecule has 2 aromatic rings. The summed E-state index contributed by atoms with van der Waals surface area (Å²) in [6.45, 7) is 2.97. The number of ether oxygens (including phenoxy) is 1. The summed E-state index contributed by atoms with van der Waals surface area (Å²) in [5.41, 5.74) is 5.53. The van der Waals surface area contributed by atoms with Gasteiger partial charge in [-0.1, -0.05) is 12.1 Å². The van der Waals surface area contributed by atoms with E-state index in [4.69, 9.17) is 11.5 Å². The predicted molar refractivity (Wildman–Crippen MR) is 127 cm³/mol. The maximum atomic E-state index is 14.2. The second kappa shape index (κ2) is 10.1. The number of benzene rings is 1. The molecular weight excluding hydrogens is 550 g/mol. The van der Waals surface area contributed by atoms with E-state index in [9.17, 15) is 40.7 Å². The van der Waals surface area contributed by atoms with Crippen molar-refractivity contribution in [1.29, 1.82) is 0 Å². The molecule has 10 nitrogen and oxygen atoms in total. The fraction of sp³-hybridized carbons (Fsp3) is 0.458. The van der Waals surface area contributed by atoms with Crippen molar-refractivity contribution in [2.45, 2.75) is 37.7 Å². The summed E-state index contributed by atoms with van der Waals surface area (Å²) in [7, 11) is 0. The van der Waals surface area contributed by atoms with E-state index in [1.165, 1.54) is 6.92 Å². The van der Waals surface area contributed by atoms with Gasteiger partial charge in [0.15, 0.2) is 11.6 Å². The van der Waals surface area contributed by atoms with Gasteiger partial charge in [0, 0.05) is 43.2 Å². The molecule has 1 aliphatic heterocycles. The summed E-state index contributed by atoms with van der Waals surface area (Å²) in [4.78, 5) is 47.9. The van der Waals surface area contributed by atoms with Gasteiger partial charge >= 0.3 is 23.9 Å². The number of amides is 2. The van der Waals surface area contributed by atoms with Gasteiger partial charge in [-0.3, -0.25) is 9.59 Å². The van der Waals surface area contributed by atoms with Crippen molar-refractivity contribution >= 4 is 29.4 Å². The lowest BCUT2D eigenvalue weighted by atomic mass is 9.88. The van der Waals surface area contributed by atoms with Crippen LogP contribution in [0.25, 0.3) is 11.3 Å². The highest BCUT2D eigenvalue weighted by molar-refractivity contribution is 5.90. The van der Waals surface area contributed by atoms with E-state index in [1.54, 1.807) is 9.80 Å². The number of nitrogens with two attached hydrogens (primary N) is 2. The van der Waals surface area contributed by atoms with Crippen LogP contribution in [0.3, 0.4) is 0 Å². The van der Waals surface area contributed by atoms with Crippen LogP contribution < -0.4 is 16.4 Å². The van der Waals surface area contributed by atoms with Crippen molar-refractivity contribution in [3.8, 4) is 11.3 Å². The summed E-state index contributed by atoms with van der Waals surface area (Å²) in [5.74, 6) is -5.32. The third-order valence-electron chi connectivity index (χ3n) is 6.74. The first-order chi connectivity index (χ1) is 18.6. The van der Waals surface area contributed by atoms with Crippen LogP contribution in [0.2, 0.25) is 0 Å². The van der Waals surface area contributed by atoms with Gasteiger partial charge in [0.2, 0.25) is 5.91 Å². The SMILES string of the molecule is Cc1ccc([C@@](OC(=O)C(F)(F)F)(C(N)=O)C(F)(F)F)cc1-c1cnc(N)c(N2CCN(C(=O)C3CC3)CC2)n1. The molecule has 1 aromatic heterocycles. The highest BCUT2D eigenvalue weighted by Crippen LogP contribution is 2.45. The molecule has 1 atom stereocenters. The smallest absolute Gasteiger partial charge is 0.427 e. The number of hydrogen-bond donors (Lipinski definition) is 2. The molecule has 1 aliphatic carbocycles. The van der Waals surface area contributed by atoms with Gasteiger partial charge < -0.3 is 26.0 Å². The molecule has 1 aromatic carbocycles. The van der Waals surface area contributed by atoms with Crippen LogP contribution in [0.4, 0.5) is 38.0 Å². The number of rotatable bonds is 6. The minimum Gasteiger partial charge on any atom is -0.427 e. The highest BCUT2D eigenvalue weighted by atomic mass is 19.4. The zero-order chi connectivity index (χ0) is 29.6. The zero-order valence-corrected chi connectivity index (χ0v) is 21.0. The van der Waals surface area contributed by atoms with Crippen LogP contribution in [0, 0.1) is 12.8 Å². The van der Waals surface area contributed by atoms with Crippen molar-refractivity contribution in [2.75, 3.05) is 36.8 Å². The zero-order valence-electron chi connectivity index (χ0n) is 21.0. The normalized spacial score (nSPS) is 17.8. The Balaban J connectivity index is 1.72. The molecule has 2 amide bonds. The molecule has 1 saturated carbocycles. The third-order valence-corrected chi connectivity index (χ3v) is 6.74. The standard InChI is InChI=1S/C24H24F6N6O4/c1-12-2-5-14(22(20(32)38,24(28,29)30)40-21(39)23(25,26)27)10-15(12)16-11-33-17(31)18(34-16)35-6-8-36(9-7-35)19(37)13-3-4-13/h2,5,10-11,13H,3-4,6-9H2,1H3,(H2,31,33)(H2,32,38)/t22-/m1/s1. The molecule has 2 heterocycles. The van der Waals surface area contributed by atoms with E-state index in [0.29, 0.717) is 43.9 Å². The Labute approximate surface area is 223 Å². The fourth-order valence-corrected chi connectivity index (χ4v) is 4.40. The van der Waals surface area contributed by atoms with Gasteiger partial charge in [-0.05, 0) is 31.4 Å². The Morgan fingerprint density at radius 3 is 2.17 bits per heavy atom. The van der Waals surface area contributed by atoms with E-state index >= 15 is 0 Å². The van der Waals surface area contributed by atoms with Crippen LogP contribution in [-0.4, -0.2) is 71.2 Å². The van der Waals surface area contributed by atoms with E-state index in [-0.39, 0.29) is 34.7 Å². The third kappa shape index (κ3) is 5.34. The van der Waals surface area contributed by atoms with E-state index in [2.05, 4.69) is 14.7 Å². The summed E-state index contributed by atoms with van der Waals surface area (Å²) < 4.78 is 84.9. The number of aryl methyl sites for hydroxylation is 1. The summed E-state index contributed by atoms with van der Waals surface area (Å²) in [6.07, 6.45) is -8.84. The molecule has 0 unspecified atom stereocenters. The number of primary amides is 1. The molecule has 16 heteroatoms. The number of alkyl halides is 6. The number of carbonyl (C=O) groups is 3. The van der Waals surface area contributed by atoms with Crippen molar-refractivity contribution in [3.63, 3.8) is 0 Å². The quantitative estimate of drug-likeness (QED) is 0.396. The lowest BCUT2D eigenvalue weighted by Gasteiger charge is -2.36. The molecule has 0 spiro atoms. The average molecular weight is 574 g/mol. The molecular formula is C24H24F6N6O4. The van der Waals surface area contributed by atoms with Gasteiger partial charge in [-0.15, -0.1) is 0 Å². The number of esters is 1. The number of nitrogen functional groups attached to an aromatic ring is 1. The molecule has 2 aliphatic rings. The number of hydrogen-bond acceptors (Lipinski definition) is 8. The lowest BCUT2D eigenvalue weighted by Crippen LogP contribution is -2.57. The first-order valence-corrected chi connectivity index (χ1v) is 12.0.